The second-order valence-electron chi connectivity index (χ2n) is 14.1. The normalized spacial score (nSPS) is 19.5. The van der Waals surface area contributed by atoms with E-state index in [9.17, 15) is 38.4 Å². The van der Waals surface area contributed by atoms with Crippen molar-refractivity contribution in [3.05, 3.63) is 69.7 Å². The minimum Gasteiger partial charge on any atom is -0.480 e. The molecule has 0 unspecified atom stereocenters. The first-order valence-electron chi connectivity index (χ1n) is 18.9. The number of carbonyl (C=O) groups is 8. The highest BCUT2D eigenvalue weighted by Crippen LogP contribution is 2.43. The topological polar surface area (TPSA) is 203 Å². The molecular weight excluding hydrogens is 833 g/mol. The van der Waals surface area contributed by atoms with Crippen molar-refractivity contribution < 1.29 is 57.7 Å². The Hall–Kier alpha value is -4.73. The summed E-state index contributed by atoms with van der Waals surface area (Å²) in [6.07, 6.45) is 3.51. The van der Waals surface area contributed by atoms with Crippen molar-refractivity contribution in [2.75, 3.05) is 27.0 Å². The Morgan fingerprint density at radius 2 is 1.19 bits per heavy atom. The Balaban J connectivity index is 0.000000348. The molecule has 0 aromatic heterocycles. The average molecular weight is 885 g/mol. The molecule has 2 aromatic carbocycles. The SMILES string of the molecule is CC(=O)C[C@@H](C)C(=O)OCOC(=O)N(C)[C@]1(c2ccccc2Cl)CCCCC1=O.CC(=O)N[C@@H](C)C(=O)O.CN(C(=O)OCCl)[C@]1(c2ccccc2Cl)CCCCC1=O. The number of carboxylic acids is 1. The van der Waals surface area contributed by atoms with E-state index in [1.54, 1.807) is 56.4 Å². The first-order chi connectivity index (χ1) is 27.8. The number of hydrogen-bond acceptors (Lipinski definition) is 11. The fraction of sp³-hybridized carbons (Fsp3) is 0.512. The molecule has 2 aliphatic carbocycles. The summed E-state index contributed by atoms with van der Waals surface area (Å²) in [7, 11) is 3.04. The van der Waals surface area contributed by atoms with Gasteiger partial charge in [-0.15, -0.1) is 0 Å². The van der Waals surface area contributed by atoms with Crippen LogP contribution in [0.2, 0.25) is 10.0 Å². The summed E-state index contributed by atoms with van der Waals surface area (Å²) in [5.74, 6) is -2.87. The monoisotopic (exact) mass is 883 g/mol. The second-order valence-corrected chi connectivity index (χ2v) is 15.2. The minimum atomic E-state index is -1.22. The van der Waals surface area contributed by atoms with E-state index in [-0.39, 0.29) is 35.7 Å². The zero-order chi connectivity index (χ0) is 44.5. The summed E-state index contributed by atoms with van der Waals surface area (Å²) in [6.45, 7) is 5.03. The highest BCUT2D eigenvalue weighted by atomic mass is 35.5. The van der Waals surface area contributed by atoms with Gasteiger partial charge in [-0.3, -0.25) is 33.8 Å². The number of ether oxygens (including phenoxy) is 3. The number of benzene rings is 2. The lowest BCUT2D eigenvalue weighted by Gasteiger charge is -2.43. The molecule has 59 heavy (non-hydrogen) atoms. The van der Waals surface area contributed by atoms with Crippen LogP contribution >= 0.6 is 34.8 Å². The number of rotatable bonds is 12. The number of carboxylic acid groups (broad SMARTS) is 1. The number of aliphatic carboxylic acids is 1. The number of carbonyl (C=O) groups excluding carboxylic acids is 7. The number of amides is 3. The minimum absolute atomic E-state index is 0.0177. The van der Waals surface area contributed by atoms with Gasteiger partial charge in [0.1, 0.15) is 22.9 Å². The van der Waals surface area contributed by atoms with Crippen molar-refractivity contribution in [3.8, 4) is 0 Å². The van der Waals surface area contributed by atoms with E-state index in [0.717, 1.165) is 25.7 Å². The Kier molecular flexibility index (Phi) is 20.3. The van der Waals surface area contributed by atoms with Gasteiger partial charge in [-0.05, 0) is 64.5 Å². The number of nitrogens with zero attached hydrogens (tertiary/aromatic N) is 2. The summed E-state index contributed by atoms with van der Waals surface area (Å²) in [5, 5.41) is 11.3. The van der Waals surface area contributed by atoms with Crippen LogP contribution in [0.15, 0.2) is 48.5 Å². The Bertz CT molecular complexity index is 1840. The van der Waals surface area contributed by atoms with Crippen molar-refractivity contribution in [2.24, 2.45) is 5.92 Å². The second kappa shape index (κ2) is 23.8. The van der Waals surface area contributed by atoms with Crippen LogP contribution in [-0.4, -0.2) is 95.3 Å². The number of esters is 1. The van der Waals surface area contributed by atoms with Gasteiger partial charge in [0.05, 0.1) is 5.92 Å². The van der Waals surface area contributed by atoms with Crippen LogP contribution in [0.1, 0.15) is 96.6 Å². The summed E-state index contributed by atoms with van der Waals surface area (Å²) < 4.78 is 14.9. The molecule has 0 bridgehead atoms. The maximum absolute atomic E-state index is 13.0. The maximum atomic E-state index is 13.0. The maximum Gasteiger partial charge on any atom is 0.413 e. The lowest BCUT2D eigenvalue weighted by molar-refractivity contribution is -0.158. The van der Waals surface area contributed by atoms with Crippen molar-refractivity contribution in [1.29, 1.82) is 0 Å². The Labute approximate surface area is 358 Å². The van der Waals surface area contributed by atoms with Crippen molar-refractivity contribution >= 4 is 82.2 Å². The highest BCUT2D eigenvalue weighted by molar-refractivity contribution is 6.32. The van der Waals surface area contributed by atoms with Crippen LogP contribution in [0, 0.1) is 5.92 Å². The van der Waals surface area contributed by atoms with Crippen LogP contribution in [0.25, 0.3) is 0 Å². The van der Waals surface area contributed by atoms with E-state index in [1.807, 2.05) is 6.07 Å². The lowest BCUT2D eigenvalue weighted by Crippen LogP contribution is -2.54. The zero-order valence-electron chi connectivity index (χ0n) is 34.0. The number of Topliss-reactive ketones (excluding diaryl/α,β-unsaturated/α-hetero) is 3. The summed E-state index contributed by atoms with van der Waals surface area (Å²) in [6, 6.07) is 13.0. The Morgan fingerprint density at radius 3 is 1.54 bits per heavy atom. The van der Waals surface area contributed by atoms with Crippen LogP contribution in [-0.2, 0) is 54.1 Å². The molecule has 2 N–H and O–H groups in total. The molecule has 2 fully saturated rings. The molecule has 0 aliphatic heterocycles. The fourth-order valence-corrected chi connectivity index (χ4v) is 7.65. The first-order valence-corrected chi connectivity index (χ1v) is 20.2. The van der Waals surface area contributed by atoms with Gasteiger partial charge >= 0.3 is 24.1 Å². The number of halogens is 3. The number of ketones is 3. The molecule has 4 atom stereocenters. The standard InChI is InChI=1S/C21H26ClNO6.C15H17Cl2NO3.C5H9NO3/c1-14(12-15(2)24)19(26)28-13-29-20(27)23(3)21(11-7-6-10-18(21)25)16-8-4-5-9-17(16)22;1-18(14(20)21-10-16)15(9-5-4-8-13(15)19)11-6-2-3-7-12(11)17;1-3(5(8)9)6-4(2)7/h4-5,8-9,14H,6-7,10-13H2,1-3H3;2-3,6-7H,4-5,8-10H2,1H3;3H,1-2H3,(H,6,7)(H,8,9)/t14-,21+;15-;3-/m100/s1. The van der Waals surface area contributed by atoms with Gasteiger partial charge in [0, 0.05) is 61.5 Å². The summed E-state index contributed by atoms with van der Waals surface area (Å²) >= 11 is 18.1. The predicted molar refractivity (Wildman–Crippen MR) is 219 cm³/mol. The average Bonchev–Trinajstić information content (AvgIpc) is 3.18. The van der Waals surface area contributed by atoms with Gasteiger partial charge in [0.25, 0.3) is 0 Å². The third kappa shape index (κ3) is 13.4. The van der Waals surface area contributed by atoms with Crippen LogP contribution in [0.4, 0.5) is 9.59 Å². The number of likely N-dealkylation sites (N-methyl/N-ethyl adjacent to an activating group) is 2. The predicted octanol–water partition coefficient (Wildman–Crippen LogP) is 7.40. The molecule has 0 spiro atoms. The van der Waals surface area contributed by atoms with E-state index in [4.69, 9.17) is 54.1 Å². The molecule has 15 nitrogen and oxygen atoms in total. The van der Waals surface area contributed by atoms with Gasteiger partial charge in [-0.1, -0.05) is 78.1 Å². The zero-order valence-corrected chi connectivity index (χ0v) is 36.3. The van der Waals surface area contributed by atoms with E-state index in [1.165, 1.54) is 37.6 Å². The molecule has 2 aromatic rings. The molecule has 0 radical (unpaired) electrons. The van der Waals surface area contributed by atoms with Gasteiger partial charge in [0.2, 0.25) is 12.7 Å². The molecular formula is C41H52Cl3N3O12. The van der Waals surface area contributed by atoms with E-state index in [2.05, 4.69) is 5.32 Å². The van der Waals surface area contributed by atoms with Crippen LogP contribution in [0.5, 0.6) is 0 Å². The lowest BCUT2D eigenvalue weighted by atomic mass is 9.74. The number of hydrogen-bond donors (Lipinski definition) is 2. The molecule has 3 amide bonds. The Morgan fingerprint density at radius 1 is 0.746 bits per heavy atom. The number of nitrogens with one attached hydrogen (secondary N) is 1. The van der Waals surface area contributed by atoms with E-state index < -0.39 is 54.0 Å². The third-order valence-electron chi connectivity index (χ3n) is 9.99. The number of alkyl halides is 1. The largest absolute Gasteiger partial charge is 0.480 e. The van der Waals surface area contributed by atoms with Crippen LogP contribution < -0.4 is 5.32 Å². The molecule has 0 saturated heterocycles. The van der Waals surface area contributed by atoms with Gasteiger partial charge in [-0.2, -0.15) is 0 Å². The molecule has 4 rings (SSSR count). The quantitative estimate of drug-likeness (QED) is 0.122. The summed E-state index contributed by atoms with van der Waals surface area (Å²) in [5.41, 5.74) is -1.09. The van der Waals surface area contributed by atoms with Crippen molar-refractivity contribution in [3.63, 3.8) is 0 Å². The summed E-state index contributed by atoms with van der Waals surface area (Å²) in [4.78, 5) is 96.1. The van der Waals surface area contributed by atoms with Gasteiger partial charge < -0.3 is 29.4 Å². The van der Waals surface area contributed by atoms with E-state index in [0.29, 0.717) is 46.9 Å². The molecule has 18 heteroatoms. The fourth-order valence-electron chi connectivity index (χ4n) is 6.97. The third-order valence-corrected chi connectivity index (χ3v) is 10.8. The van der Waals surface area contributed by atoms with Crippen LogP contribution in [0.3, 0.4) is 0 Å². The van der Waals surface area contributed by atoms with Crippen molar-refractivity contribution in [1.82, 2.24) is 15.1 Å². The molecule has 324 valence electrons. The molecule has 2 saturated carbocycles. The van der Waals surface area contributed by atoms with Gasteiger partial charge in [-0.25, -0.2) is 9.59 Å². The highest BCUT2D eigenvalue weighted by Gasteiger charge is 2.50. The van der Waals surface area contributed by atoms with E-state index >= 15 is 0 Å². The smallest absolute Gasteiger partial charge is 0.413 e. The van der Waals surface area contributed by atoms with Crippen molar-refractivity contribution in [2.45, 2.75) is 103 Å². The first kappa shape index (κ1) is 50.4. The molecule has 0 heterocycles. The van der Waals surface area contributed by atoms with Gasteiger partial charge in [0.15, 0.2) is 17.6 Å². The molecule has 2 aliphatic rings.